The number of benzene rings is 2. The maximum Gasteiger partial charge on any atom is 0.273 e. The molecule has 1 heterocycles. The fraction of sp³-hybridized carbons (Fsp3) is 0.333. The molecule has 0 aliphatic heterocycles. The monoisotopic (exact) mass is 555 g/mol. The lowest BCUT2D eigenvalue weighted by Crippen LogP contribution is -2.47. The SMILES string of the molecule is COc1ccc([C@H](C(=O)NC2CCCCC2)N(C(=O)c2snc(C(N)=O)c2N)c2ccccc2F)cc1OC. The number of nitrogens with zero attached hydrogens (tertiary/aromatic N) is 2. The lowest BCUT2D eigenvalue weighted by molar-refractivity contribution is -0.123. The van der Waals surface area contributed by atoms with Crippen LogP contribution in [0.15, 0.2) is 42.5 Å². The fourth-order valence-electron chi connectivity index (χ4n) is 4.72. The van der Waals surface area contributed by atoms with Gasteiger partial charge in [0.1, 0.15) is 16.7 Å². The lowest BCUT2D eigenvalue weighted by Gasteiger charge is -2.33. The molecule has 0 bridgehead atoms. The van der Waals surface area contributed by atoms with Crippen molar-refractivity contribution in [2.75, 3.05) is 24.9 Å². The number of nitrogen functional groups attached to an aromatic ring is 1. The van der Waals surface area contributed by atoms with Crippen molar-refractivity contribution >= 4 is 40.6 Å². The largest absolute Gasteiger partial charge is 0.493 e. The van der Waals surface area contributed by atoms with Gasteiger partial charge in [0, 0.05) is 6.04 Å². The van der Waals surface area contributed by atoms with Crippen molar-refractivity contribution in [2.24, 2.45) is 5.73 Å². The number of methoxy groups -OCH3 is 2. The molecule has 2 aromatic carbocycles. The van der Waals surface area contributed by atoms with E-state index in [1.165, 1.54) is 32.4 Å². The zero-order valence-electron chi connectivity index (χ0n) is 21.6. The molecule has 1 atom stereocenters. The van der Waals surface area contributed by atoms with E-state index in [2.05, 4.69) is 9.69 Å². The van der Waals surface area contributed by atoms with Gasteiger partial charge in [0.05, 0.1) is 25.6 Å². The van der Waals surface area contributed by atoms with E-state index in [0.717, 1.165) is 37.0 Å². The summed E-state index contributed by atoms with van der Waals surface area (Å²) in [7, 11) is 2.92. The summed E-state index contributed by atoms with van der Waals surface area (Å²) in [4.78, 5) is 40.8. The molecule has 0 saturated heterocycles. The Morgan fingerprint density at radius 1 is 1.08 bits per heavy atom. The van der Waals surface area contributed by atoms with Crippen molar-refractivity contribution in [3.8, 4) is 11.5 Å². The molecule has 1 aliphatic carbocycles. The van der Waals surface area contributed by atoms with Gasteiger partial charge in [0.15, 0.2) is 17.2 Å². The highest BCUT2D eigenvalue weighted by Crippen LogP contribution is 2.37. The highest BCUT2D eigenvalue weighted by Gasteiger charge is 2.38. The number of primary amides is 1. The van der Waals surface area contributed by atoms with Crippen LogP contribution in [0.2, 0.25) is 0 Å². The second kappa shape index (κ2) is 12.1. The average molecular weight is 556 g/mol. The van der Waals surface area contributed by atoms with Crippen LogP contribution < -0.4 is 31.2 Å². The molecule has 1 saturated carbocycles. The summed E-state index contributed by atoms with van der Waals surface area (Å²) in [5, 5.41) is 3.05. The summed E-state index contributed by atoms with van der Waals surface area (Å²) in [5.41, 5.74) is 11.1. The van der Waals surface area contributed by atoms with Crippen LogP contribution in [0.3, 0.4) is 0 Å². The van der Waals surface area contributed by atoms with E-state index in [4.69, 9.17) is 20.9 Å². The third-order valence-electron chi connectivity index (χ3n) is 6.67. The summed E-state index contributed by atoms with van der Waals surface area (Å²) in [6.07, 6.45) is 4.60. The zero-order chi connectivity index (χ0) is 28.1. The minimum absolute atomic E-state index is 0.0959. The second-order valence-electron chi connectivity index (χ2n) is 9.13. The molecule has 12 heteroatoms. The van der Waals surface area contributed by atoms with Gasteiger partial charge in [-0.3, -0.25) is 19.3 Å². The first-order valence-electron chi connectivity index (χ1n) is 12.4. The van der Waals surface area contributed by atoms with Gasteiger partial charge in [0.2, 0.25) is 5.91 Å². The van der Waals surface area contributed by atoms with Crippen molar-refractivity contribution in [2.45, 2.75) is 44.2 Å². The van der Waals surface area contributed by atoms with Crippen molar-refractivity contribution in [1.82, 2.24) is 9.69 Å². The van der Waals surface area contributed by atoms with Gasteiger partial charge >= 0.3 is 0 Å². The lowest BCUT2D eigenvalue weighted by atomic mass is 9.94. The molecule has 1 aromatic heterocycles. The number of carbonyl (C=O) groups is 3. The Kier molecular flexibility index (Phi) is 8.65. The maximum atomic E-state index is 15.3. The van der Waals surface area contributed by atoms with E-state index in [1.54, 1.807) is 24.3 Å². The molecule has 5 N–H and O–H groups in total. The van der Waals surface area contributed by atoms with E-state index in [9.17, 15) is 14.4 Å². The molecule has 3 aromatic rings. The Bertz CT molecular complexity index is 1370. The van der Waals surface area contributed by atoms with Crippen LogP contribution >= 0.6 is 11.5 Å². The summed E-state index contributed by atoms with van der Waals surface area (Å²) in [6, 6.07) is 8.94. The molecule has 206 valence electrons. The molecule has 0 radical (unpaired) electrons. The Morgan fingerprint density at radius 3 is 2.38 bits per heavy atom. The van der Waals surface area contributed by atoms with E-state index in [1.807, 2.05) is 0 Å². The number of halogens is 1. The number of ether oxygens (including phenoxy) is 2. The third kappa shape index (κ3) is 5.80. The first kappa shape index (κ1) is 27.8. The molecule has 0 unspecified atom stereocenters. The fourth-order valence-corrected chi connectivity index (χ4v) is 5.46. The summed E-state index contributed by atoms with van der Waals surface area (Å²) < 4.78 is 30.0. The number of carbonyl (C=O) groups excluding carboxylic acids is 3. The Hall–Kier alpha value is -4.19. The number of hydrogen-bond donors (Lipinski definition) is 3. The van der Waals surface area contributed by atoms with Crippen LogP contribution in [0.5, 0.6) is 11.5 Å². The Balaban J connectivity index is 1.90. The average Bonchev–Trinajstić information content (AvgIpc) is 3.33. The first-order valence-corrected chi connectivity index (χ1v) is 13.2. The number of aromatic nitrogens is 1. The molecule has 1 fully saturated rings. The van der Waals surface area contributed by atoms with Crippen LogP contribution in [0.4, 0.5) is 15.8 Å². The predicted molar refractivity (Wildman–Crippen MR) is 146 cm³/mol. The van der Waals surface area contributed by atoms with Crippen molar-refractivity contribution < 1.29 is 28.2 Å². The first-order chi connectivity index (χ1) is 18.8. The normalized spacial score (nSPS) is 14.3. The molecular formula is C27H30FN5O5S. The molecule has 3 amide bonds. The number of amides is 3. The summed E-state index contributed by atoms with van der Waals surface area (Å²) in [6.45, 7) is 0. The van der Waals surface area contributed by atoms with Crippen LogP contribution in [0.1, 0.15) is 63.9 Å². The number of nitrogens with two attached hydrogens (primary N) is 2. The maximum absolute atomic E-state index is 15.3. The third-order valence-corrected chi connectivity index (χ3v) is 7.52. The highest BCUT2D eigenvalue weighted by molar-refractivity contribution is 7.09. The topological polar surface area (TPSA) is 150 Å². The van der Waals surface area contributed by atoms with Gasteiger partial charge in [-0.05, 0) is 54.2 Å². The van der Waals surface area contributed by atoms with E-state index < -0.39 is 29.6 Å². The minimum atomic E-state index is -1.34. The van der Waals surface area contributed by atoms with Gasteiger partial charge < -0.3 is 26.3 Å². The number of para-hydroxylation sites is 1. The zero-order valence-corrected chi connectivity index (χ0v) is 22.4. The number of rotatable bonds is 9. The molecule has 39 heavy (non-hydrogen) atoms. The van der Waals surface area contributed by atoms with Gasteiger partial charge in [-0.1, -0.05) is 37.5 Å². The molecule has 1 aliphatic rings. The second-order valence-corrected chi connectivity index (χ2v) is 9.90. The van der Waals surface area contributed by atoms with Gasteiger partial charge in [0.25, 0.3) is 11.8 Å². The van der Waals surface area contributed by atoms with Crippen molar-refractivity contribution in [1.29, 1.82) is 0 Å². The van der Waals surface area contributed by atoms with Gasteiger partial charge in [-0.15, -0.1) is 0 Å². The van der Waals surface area contributed by atoms with Crippen molar-refractivity contribution in [3.05, 3.63) is 64.4 Å². The molecule has 10 nitrogen and oxygen atoms in total. The van der Waals surface area contributed by atoms with E-state index in [-0.39, 0.29) is 28.0 Å². The van der Waals surface area contributed by atoms with Crippen LogP contribution in [-0.2, 0) is 4.79 Å². The van der Waals surface area contributed by atoms with E-state index >= 15 is 4.39 Å². The summed E-state index contributed by atoms with van der Waals surface area (Å²) in [5.74, 6) is -2.24. The van der Waals surface area contributed by atoms with Crippen LogP contribution in [0.25, 0.3) is 0 Å². The van der Waals surface area contributed by atoms with Gasteiger partial charge in [-0.2, -0.15) is 4.37 Å². The van der Waals surface area contributed by atoms with Gasteiger partial charge in [-0.25, -0.2) is 4.39 Å². The number of hydrogen-bond acceptors (Lipinski definition) is 8. The Labute approximate surface area is 229 Å². The highest BCUT2D eigenvalue weighted by atomic mass is 32.1. The molecule has 4 rings (SSSR count). The minimum Gasteiger partial charge on any atom is -0.493 e. The number of anilines is 2. The number of nitrogens with one attached hydrogen (secondary N) is 1. The van der Waals surface area contributed by atoms with E-state index in [0.29, 0.717) is 28.6 Å². The Morgan fingerprint density at radius 2 is 1.77 bits per heavy atom. The molecule has 0 spiro atoms. The predicted octanol–water partition coefficient (Wildman–Crippen LogP) is 3.82. The van der Waals surface area contributed by atoms with Crippen molar-refractivity contribution in [3.63, 3.8) is 0 Å². The standard InChI is InChI=1S/C27H30FN5O5S/c1-37-19-13-12-15(14-20(19)38-2)23(26(35)31-16-8-4-3-5-9-16)33(18-11-7-6-10-17(18)28)27(36)24-21(29)22(25(30)34)32-39-24/h6-7,10-14,16,23H,3-5,8-9,29H2,1-2H3,(H2,30,34)(H,31,35)/t23-/m1/s1. The quantitative estimate of drug-likeness (QED) is 0.363. The smallest absolute Gasteiger partial charge is 0.273 e. The summed E-state index contributed by atoms with van der Waals surface area (Å²) >= 11 is 0.649. The van der Waals surface area contributed by atoms with Crippen LogP contribution in [0, 0.1) is 5.82 Å². The molecular weight excluding hydrogens is 525 g/mol. The van der Waals surface area contributed by atoms with Crippen LogP contribution in [-0.4, -0.2) is 42.4 Å².